The Hall–Kier alpha value is -0.870. The molecule has 3 heterocycles. The van der Waals surface area contributed by atoms with Crippen molar-refractivity contribution in [2.75, 3.05) is 19.6 Å². The van der Waals surface area contributed by atoms with Crippen molar-refractivity contribution in [3.05, 3.63) is 34.7 Å². The van der Waals surface area contributed by atoms with Crippen molar-refractivity contribution in [2.45, 2.75) is 25.7 Å². The Bertz CT molecular complexity index is 541. The highest BCUT2D eigenvalue weighted by Crippen LogP contribution is 2.28. The van der Waals surface area contributed by atoms with Crippen LogP contribution in [0.4, 0.5) is 0 Å². The second kappa shape index (κ2) is 5.02. The summed E-state index contributed by atoms with van der Waals surface area (Å²) in [5, 5.41) is 0. The molecule has 0 aromatic carbocycles. The number of likely N-dealkylation sites (tertiary alicyclic amines) is 1. The highest BCUT2D eigenvalue weighted by atomic mass is 79.9. The molecule has 2 aromatic heterocycles. The van der Waals surface area contributed by atoms with Gasteiger partial charge in [0, 0.05) is 18.3 Å². The van der Waals surface area contributed by atoms with E-state index >= 15 is 0 Å². The van der Waals surface area contributed by atoms with Gasteiger partial charge in [0.25, 0.3) is 0 Å². The first-order chi connectivity index (χ1) is 8.78. The monoisotopic (exact) mass is 307 g/mol. The summed E-state index contributed by atoms with van der Waals surface area (Å²) in [5.74, 6) is 0.625. The standard InChI is InChI=1S/C14H18BrN3/c1-2-17-8-5-11(6-9-17)13-10-18-7-3-4-12(15)14(18)16-13/h3-4,7,10-11H,2,5-6,8-9H2,1H3. The molecule has 4 heteroatoms. The average molecular weight is 308 g/mol. The third kappa shape index (κ3) is 2.19. The summed E-state index contributed by atoms with van der Waals surface area (Å²) >= 11 is 3.56. The first-order valence-electron chi connectivity index (χ1n) is 6.63. The molecule has 3 rings (SSSR count). The Labute approximate surface area is 116 Å². The molecule has 1 saturated heterocycles. The molecular formula is C14H18BrN3. The van der Waals surface area contributed by atoms with E-state index in [1.165, 1.54) is 38.2 Å². The minimum absolute atomic E-state index is 0.625. The average Bonchev–Trinajstić information content (AvgIpc) is 2.84. The molecule has 0 bridgehead atoms. The molecule has 18 heavy (non-hydrogen) atoms. The van der Waals surface area contributed by atoms with Crippen LogP contribution in [0, 0.1) is 0 Å². The van der Waals surface area contributed by atoms with Crippen molar-refractivity contribution in [3.63, 3.8) is 0 Å². The maximum absolute atomic E-state index is 4.78. The Kier molecular flexibility index (Phi) is 3.39. The van der Waals surface area contributed by atoms with Crippen molar-refractivity contribution >= 4 is 21.6 Å². The lowest BCUT2D eigenvalue weighted by Crippen LogP contribution is -2.32. The van der Waals surface area contributed by atoms with Crippen LogP contribution in [0.3, 0.4) is 0 Å². The van der Waals surface area contributed by atoms with Gasteiger partial charge in [0.05, 0.1) is 10.2 Å². The maximum Gasteiger partial charge on any atom is 0.151 e. The number of nitrogens with zero attached hydrogens (tertiary/aromatic N) is 3. The summed E-state index contributed by atoms with van der Waals surface area (Å²) in [5.41, 5.74) is 2.28. The molecule has 0 amide bonds. The smallest absolute Gasteiger partial charge is 0.151 e. The van der Waals surface area contributed by atoms with Gasteiger partial charge in [-0.25, -0.2) is 4.98 Å². The molecule has 0 spiro atoms. The Morgan fingerprint density at radius 1 is 1.39 bits per heavy atom. The SMILES string of the molecule is CCN1CCC(c2cn3cccc(Br)c3n2)CC1. The number of aromatic nitrogens is 2. The minimum Gasteiger partial charge on any atom is -0.306 e. The summed E-state index contributed by atoms with van der Waals surface area (Å²) in [6.07, 6.45) is 6.72. The normalized spacial score (nSPS) is 18.6. The summed E-state index contributed by atoms with van der Waals surface area (Å²) in [4.78, 5) is 7.30. The molecule has 0 unspecified atom stereocenters. The van der Waals surface area contributed by atoms with Crippen LogP contribution in [0.1, 0.15) is 31.4 Å². The van der Waals surface area contributed by atoms with E-state index in [4.69, 9.17) is 4.98 Å². The summed E-state index contributed by atoms with van der Waals surface area (Å²) in [6, 6.07) is 4.09. The molecular weight excluding hydrogens is 290 g/mol. The zero-order chi connectivity index (χ0) is 12.5. The number of halogens is 1. The van der Waals surface area contributed by atoms with Gasteiger partial charge < -0.3 is 9.30 Å². The van der Waals surface area contributed by atoms with Crippen molar-refractivity contribution in [1.29, 1.82) is 0 Å². The van der Waals surface area contributed by atoms with Gasteiger partial charge in [0.2, 0.25) is 0 Å². The summed E-state index contributed by atoms with van der Waals surface area (Å²) in [6.45, 7) is 5.82. The first kappa shape index (κ1) is 12.2. The van der Waals surface area contributed by atoms with Crippen LogP contribution in [0.25, 0.3) is 5.65 Å². The van der Waals surface area contributed by atoms with Crippen molar-refractivity contribution < 1.29 is 0 Å². The largest absolute Gasteiger partial charge is 0.306 e. The number of hydrogen-bond acceptors (Lipinski definition) is 2. The van der Waals surface area contributed by atoms with Crippen molar-refractivity contribution in [1.82, 2.24) is 14.3 Å². The molecule has 1 aliphatic rings. The lowest BCUT2D eigenvalue weighted by atomic mass is 9.94. The van der Waals surface area contributed by atoms with Gasteiger partial charge in [0.15, 0.2) is 5.65 Å². The number of pyridine rings is 1. The molecule has 3 nitrogen and oxygen atoms in total. The highest BCUT2D eigenvalue weighted by Gasteiger charge is 2.21. The minimum atomic E-state index is 0.625. The second-order valence-electron chi connectivity index (χ2n) is 4.96. The first-order valence-corrected chi connectivity index (χ1v) is 7.42. The Balaban J connectivity index is 1.85. The fourth-order valence-electron chi connectivity index (χ4n) is 2.74. The van der Waals surface area contributed by atoms with Gasteiger partial charge in [-0.05, 0) is 60.5 Å². The zero-order valence-electron chi connectivity index (χ0n) is 10.6. The predicted molar refractivity (Wildman–Crippen MR) is 77.0 cm³/mol. The van der Waals surface area contributed by atoms with E-state index in [-0.39, 0.29) is 0 Å². The number of rotatable bonds is 2. The van der Waals surface area contributed by atoms with E-state index in [2.05, 4.69) is 44.5 Å². The fraction of sp³-hybridized carbons (Fsp3) is 0.500. The fourth-order valence-corrected chi connectivity index (χ4v) is 3.19. The van der Waals surface area contributed by atoms with E-state index in [1.807, 2.05) is 12.1 Å². The van der Waals surface area contributed by atoms with Gasteiger partial charge in [-0.15, -0.1) is 0 Å². The third-order valence-corrected chi connectivity index (χ3v) is 4.53. The van der Waals surface area contributed by atoms with Crippen LogP contribution in [-0.2, 0) is 0 Å². The maximum atomic E-state index is 4.78. The van der Waals surface area contributed by atoms with Crippen LogP contribution in [0.2, 0.25) is 0 Å². The van der Waals surface area contributed by atoms with Crippen LogP contribution < -0.4 is 0 Å². The van der Waals surface area contributed by atoms with Gasteiger partial charge in [0.1, 0.15) is 0 Å². The Morgan fingerprint density at radius 2 is 2.17 bits per heavy atom. The number of fused-ring (bicyclic) bond motifs is 1. The third-order valence-electron chi connectivity index (χ3n) is 3.91. The van der Waals surface area contributed by atoms with Crippen molar-refractivity contribution in [3.8, 4) is 0 Å². The van der Waals surface area contributed by atoms with Crippen LogP contribution >= 0.6 is 15.9 Å². The van der Waals surface area contributed by atoms with E-state index in [1.54, 1.807) is 0 Å². The van der Waals surface area contributed by atoms with E-state index in [9.17, 15) is 0 Å². The van der Waals surface area contributed by atoms with Gasteiger partial charge in [-0.1, -0.05) is 6.92 Å². The quantitative estimate of drug-likeness (QED) is 0.848. The molecule has 96 valence electrons. The lowest BCUT2D eigenvalue weighted by molar-refractivity contribution is 0.221. The molecule has 1 fully saturated rings. The van der Waals surface area contributed by atoms with Crippen molar-refractivity contribution in [2.24, 2.45) is 0 Å². The van der Waals surface area contributed by atoms with Gasteiger partial charge in [-0.3, -0.25) is 0 Å². The zero-order valence-corrected chi connectivity index (χ0v) is 12.2. The lowest BCUT2D eigenvalue weighted by Gasteiger charge is -2.30. The van der Waals surface area contributed by atoms with Crippen LogP contribution in [-0.4, -0.2) is 33.9 Å². The summed E-state index contributed by atoms with van der Waals surface area (Å²) in [7, 11) is 0. The topological polar surface area (TPSA) is 20.5 Å². The molecule has 1 aliphatic heterocycles. The number of hydrogen-bond donors (Lipinski definition) is 0. The number of imidazole rings is 1. The summed E-state index contributed by atoms with van der Waals surface area (Å²) < 4.78 is 3.19. The van der Waals surface area contributed by atoms with E-state index in [0.29, 0.717) is 5.92 Å². The highest BCUT2D eigenvalue weighted by molar-refractivity contribution is 9.10. The van der Waals surface area contributed by atoms with Gasteiger partial charge in [-0.2, -0.15) is 0 Å². The number of piperidine rings is 1. The Morgan fingerprint density at radius 3 is 2.83 bits per heavy atom. The molecule has 0 atom stereocenters. The molecule has 0 saturated carbocycles. The van der Waals surface area contributed by atoms with Crippen LogP contribution in [0.15, 0.2) is 29.0 Å². The van der Waals surface area contributed by atoms with E-state index in [0.717, 1.165) is 10.1 Å². The van der Waals surface area contributed by atoms with Crippen LogP contribution in [0.5, 0.6) is 0 Å². The second-order valence-corrected chi connectivity index (χ2v) is 5.82. The molecule has 0 aliphatic carbocycles. The molecule has 2 aromatic rings. The molecule has 0 N–H and O–H groups in total. The molecule has 0 radical (unpaired) electrons. The van der Waals surface area contributed by atoms with Gasteiger partial charge >= 0.3 is 0 Å². The predicted octanol–water partition coefficient (Wildman–Crippen LogP) is 3.30. The van der Waals surface area contributed by atoms with E-state index < -0.39 is 0 Å².